The van der Waals surface area contributed by atoms with Gasteiger partial charge in [0, 0.05) is 50.2 Å². The molecule has 1 aromatic carbocycles. The Hall–Kier alpha value is -1.65. The molecule has 1 aliphatic heterocycles. The fourth-order valence-electron chi connectivity index (χ4n) is 2.69. The fraction of sp³-hybridized carbons (Fsp3) is 0.438. The van der Waals surface area contributed by atoms with Gasteiger partial charge in [-0.25, -0.2) is 4.98 Å². The Morgan fingerprint density at radius 1 is 1.05 bits per heavy atom. The SMILES string of the molecule is CCN1CCN(Cc2cnc(-c3ccccc3)[nH]2)CC1. The molecule has 0 radical (unpaired) electrons. The Morgan fingerprint density at radius 3 is 2.45 bits per heavy atom. The molecular weight excluding hydrogens is 248 g/mol. The van der Waals surface area contributed by atoms with Gasteiger partial charge in [0.05, 0.1) is 0 Å². The van der Waals surface area contributed by atoms with Crippen LogP contribution < -0.4 is 0 Å². The van der Waals surface area contributed by atoms with Crippen molar-refractivity contribution in [2.75, 3.05) is 32.7 Å². The van der Waals surface area contributed by atoms with Crippen LogP contribution in [-0.2, 0) is 6.54 Å². The highest BCUT2D eigenvalue weighted by Crippen LogP contribution is 2.16. The summed E-state index contributed by atoms with van der Waals surface area (Å²) in [6.45, 7) is 9.01. The quantitative estimate of drug-likeness (QED) is 0.925. The van der Waals surface area contributed by atoms with Crippen LogP contribution in [0.1, 0.15) is 12.6 Å². The first kappa shape index (κ1) is 13.3. The third-order valence-corrected chi connectivity index (χ3v) is 3.98. The van der Waals surface area contributed by atoms with E-state index in [2.05, 4.69) is 38.8 Å². The van der Waals surface area contributed by atoms with Crippen molar-refractivity contribution >= 4 is 0 Å². The zero-order valence-corrected chi connectivity index (χ0v) is 12.0. The average Bonchev–Trinajstić information content (AvgIpc) is 2.97. The number of H-pyrrole nitrogens is 1. The summed E-state index contributed by atoms with van der Waals surface area (Å²) in [7, 11) is 0. The highest BCUT2D eigenvalue weighted by atomic mass is 15.3. The van der Waals surface area contributed by atoms with E-state index in [-0.39, 0.29) is 0 Å². The molecule has 1 aliphatic rings. The molecular formula is C16H22N4. The number of nitrogens with zero attached hydrogens (tertiary/aromatic N) is 3. The lowest BCUT2D eigenvalue weighted by atomic mass is 10.2. The smallest absolute Gasteiger partial charge is 0.137 e. The van der Waals surface area contributed by atoms with Crippen molar-refractivity contribution in [1.29, 1.82) is 0 Å². The van der Waals surface area contributed by atoms with Crippen LogP contribution in [0.4, 0.5) is 0 Å². The van der Waals surface area contributed by atoms with E-state index in [4.69, 9.17) is 0 Å². The second kappa shape index (κ2) is 6.20. The van der Waals surface area contributed by atoms with Crippen molar-refractivity contribution < 1.29 is 0 Å². The summed E-state index contributed by atoms with van der Waals surface area (Å²) in [5, 5.41) is 0. The van der Waals surface area contributed by atoms with Crippen molar-refractivity contribution in [3.05, 3.63) is 42.2 Å². The summed E-state index contributed by atoms with van der Waals surface area (Å²) < 4.78 is 0. The zero-order chi connectivity index (χ0) is 13.8. The van der Waals surface area contributed by atoms with Crippen LogP contribution in [-0.4, -0.2) is 52.5 Å². The number of aromatic nitrogens is 2. The van der Waals surface area contributed by atoms with E-state index in [1.807, 2.05) is 24.4 Å². The molecule has 1 saturated heterocycles. The van der Waals surface area contributed by atoms with Crippen LogP contribution in [0.15, 0.2) is 36.5 Å². The second-order valence-corrected chi connectivity index (χ2v) is 5.33. The van der Waals surface area contributed by atoms with Crippen LogP contribution >= 0.6 is 0 Å². The van der Waals surface area contributed by atoms with Gasteiger partial charge in [-0.2, -0.15) is 0 Å². The largest absolute Gasteiger partial charge is 0.341 e. The molecule has 4 nitrogen and oxygen atoms in total. The standard InChI is InChI=1S/C16H22N4/c1-2-19-8-10-20(11-9-19)13-15-12-17-16(18-15)14-6-4-3-5-7-14/h3-7,12H,2,8-11,13H2,1H3,(H,17,18). The second-order valence-electron chi connectivity index (χ2n) is 5.33. The first-order valence-corrected chi connectivity index (χ1v) is 7.39. The van der Waals surface area contributed by atoms with Crippen LogP contribution in [0.3, 0.4) is 0 Å². The molecule has 20 heavy (non-hydrogen) atoms. The lowest BCUT2D eigenvalue weighted by molar-refractivity contribution is 0.131. The van der Waals surface area contributed by atoms with Gasteiger partial charge in [0.2, 0.25) is 0 Å². The molecule has 0 atom stereocenters. The van der Waals surface area contributed by atoms with Crippen molar-refractivity contribution in [1.82, 2.24) is 19.8 Å². The van der Waals surface area contributed by atoms with Crippen LogP contribution in [0, 0.1) is 0 Å². The molecule has 0 bridgehead atoms. The van der Waals surface area contributed by atoms with Crippen LogP contribution in [0.5, 0.6) is 0 Å². The number of likely N-dealkylation sites (N-methyl/N-ethyl adjacent to an activating group) is 1. The number of nitrogens with one attached hydrogen (secondary N) is 1. The Balaban J connectivity index is 1.61. The molecule has 3 rings (SSSR count). The summed E-state index contributed by atoms with van der Waals surface area (Å²) >= 11 is 0. The molecule has 4 heteroatoms. The zero-order valence-electron chi connectivity index (χ0n) is 12.0. The van der Waals surface area contributed by atoms with E-state index in [1.165, 1.54) is 18.8 Å². The lowest BCUT2D eigenvalue weighted by Gasteiger charge is -2.33. The number of hydrogen-bond donors (Lipinski definition) is 1. The summed E-state index contributed by atoms with van der Waals surface area (Å²) in [6, 6.07) is 10.3. The van der Waals surface area contributed by atoms with Crippen LogP contribution in [0.25, 0.3) is 11.4 Å². The third-order valence-electron chi connectivity index (χ3n) is 3.98. The molecule has 0 spiro atoms. The van der Waals surface area contributed by atoms with E-state index in [0.717, 1.165) is 37.6 Å². The van der Waals surface area contributed by atoms with Crippen molar-refractivity contribution in [2.24, 2.45) is 0 Å². The van der Waals surface area contributed by atoms with Crippen LogP contribution in [0.2, 0.25) is 0 Å². The van der Waals surface area contributed by atoms with Gasteiger partial charge in [-0.15, -0.1) is 0 Å². The molecule has 1 fully saturated rings. The number of benzene rings is 1. The van der Waals surface area contributed by atoms with Gasteiger partial charge in [-0.3, -0.25) is 4.90 Å². The Labute approximate surface area is 120 Å². The van der Waals surface area contributed by atoms with Gasteiger partial charge in [0.15, 0.2) is 0 Å². The molecule has 0 amide bonds. The first-order valence-electron chi connectivity index (χ1n) is 7.39. The summed E-state index contributed by atoms with van der Waals surface area (Å²) in [4.78, 5) is 12.9. The lowest BCUT2D eigenvalue weighted by Crippen LogP contribution is -2.45. The maximum absolute atomic E-state index is 4.49. The highest BCUT2D eigenvalue weighted by molar-refractivity contribution is 5.54. The highest BCUT2D eigenvalue weighted by Gasteiger charge is 2.16. The van der Waals surface area contributed by atoms with E-state index in [9.17, 15) is 0 Å². The number of piperazine rings is 1. The Kier molecular flexibility index (Phi) is 4.14. The molecule has 1 aromatic heterocycles. The monoisotopic (exact) mass is 270 g/mol. The topological polar surface area (TPSA) is 35.2 Å². The maximum Gasteiger partial charge on any atom is 0.137 e. The molecule has 0 unspecified atom stereocenters. The summed E-state index contributed by atoms with van der Waals surface area (Å²) in [6.07, 6.45) is 1.97. The predicted molar refractivity (Wildman–Crippen MR) is 81.4 cm³/mol. The maximum atomic E-state index is 4.49. The predicted octanol–water partition coefficient (Wildman–Crippen LogP) is 2.21. The van der Waals surface area contributed by atoms with Gasteiger partial charge in [-0.05, 0) is 6.54 Å². The Morgan fingerprint density at radius 2 is 1.75 bits per heavy atom. The first-order chi connectivity index (χ1) is 9.85. The van der Waals surface area contributed by atoms with Crippen molar-refractivity contribution in [3.8, 4) is 11.4 Å². The molecule has 0 aliphatic carbocycles. The van der Waals surface area contributed by atoms with Gasteiger partial charge in [0.25, 0.3) is 0 Å². The number of rotatable bonds is 4. The Bertz CT molecular complexity index is 526. The number of aromatic amines is 1. The van der Waals surface area contributed by atoms with E-state index >= 15 is 0 Å². The normalized spacial score (nSPS) is 17.4. The van der Waals surface area contributed by atoms with E-state index in [1.54, 1.807) is 0 Å². The van der Waals surface area contributed by atoms with Gasteiger partial charge >= 0.3 is 0 Å². The van der Waals surface area contributed by atoms with Gasteiger partial charge in [-0.1, -0.05) is 37.3 Å². The van der Waals surface area contributed by atoms with E-state index < -0.39 is 0 Å². The third kappa shape index (κ3) is 3.08. The minimum Gasteiger partial charge on any atom is -0.341 e. The van der Waals surface area contributed by atoms with Gasteiger partial charge < -0.3 is 9.88 Å². The molecule has 106 valence electrons. The van der Waals surface area contributed by atoms with Crippen molar-refractivity contribution in [2.45, 2.75) is 13.5 Å². The van der Waals surface area contributed by atoms with Crippen molar-refractivity contribution in [3.63, 3.8) is 0 Å². The van der Waals surface area contributed by atoms with Gasteiger partial charge in [0.1, 0.15) is 5.82 Å². The fourth-order valence-corrected chi connectivity index (χ4v) is 2.69. The molecule has 2 aromatic rings. The van der Waals surface area contributed by atoms with E-state index in [0.29, 0.717) is 0 Å². The molecule has 1 N–H and O–H groups in total. The summed E-state index contributed by atoms with van der Waals surface area (Å²) in [5.41, 5.74) is 2.35. The molecule has 2 heterocycles. The minimum atomic E-state index is 0.966. The number of imidazole rings is 1. The summed E-state index contributed by atoms with van der Waals surface area (Å²) in [5.74, 6) is 0.966. The minimum absolute atomic E-state index is 0.966. The average molecular weight is 270 g/mol. The number of hydrogen-bond acceptors (Lipinski definition) is 3. The molecule has 0 saturated carbocycles.